The van der Waals surface area contributed by atoms with Crippen molar-refractivity contribution in [3.05, 3.63) is 30.0 Å². The van der Waals surface area contributed by atoms with E-state index in [1.54, 1.807) is 18.2 Å². The van der Waals surface area contributed by atoms with Crippen LogP contribution in [0, 0.1) is 0 Å². The Labute approximate surface area is 146 Å². The zero-order valence-electron chi connectivity index (χ0n) is 14.0. The van der Waals surface area contributed by atoms with Crippen molar-refractivity contribution in [1.82, 2.24) is 4.90 Å². The lowest BCUT2D eigenvalue weighted by Crippen LogP contribution is -2.31. The first-order valence-corrected chi connectivity index (χ1v) is 9.41. The third-order valence-electron chi connectivity index (χ3n) is 4.12. The fourth-order valence-corrected chi connectivity index (χ4v) is 4.49. The molecular weight excluding hydrogens is 346 g/mol. The molecule has 0 radical (unpaired) electrons. The van der Waals surface area contributed by atoms with E-state index >= 15 is 0 Å². The zero-order valence-corrected chi connectivity index (χ0v) is 14.8. The van der Waals surface area contributed by atoms with E-state index in [1.807, 2.05) is 0 Å². The lowest BCUT2D eigenvalue weighted by atomic mass is 10.2. The van der Waals surface area contributed by atoms with Gasteiger partial charge in [0.15, 0.2) is 0 Å². The molecule has 9 heteroatoms. The van der Waals surface area contributed by atoms with Crippen LogP contribution in [-0.2, 0) is 19.6 Å². The molecule has 1 aromatic carbocycles. The predicted octanol–water partition coefficient (Wildman–Crippen LogP) is 0.920. The van der Waals surface area contributed by atoms with Crippen molar-refractivity contribution in [2.24, 2.45) is 0 Å². The number of nitrogens with zero attached hydrogens (tertiary/aromatic N) is 2. The highest BCUT2D eigenvalue weighted by atomic mass is 32.2. The van der Waals surface area contributed by atoms with Crippen molar-refractivity contribution in [3.63, 3.8) is 0 Å². The van der Waals surface area contributed by atoms with Gasteiger partial charge in [-0.25, -0.2) is 8.42 Å². The lowest BCUT2D eigenvalue weighted by Gasteiger charge is -2.21. The SMILES string of the molecule is COc1cc(NC2=CC(=O)N(C(C)=O)C2)ccc1N1CCCS1(=O)=O. The standard InChI is InChI=1S/C16H19N3O5S/c1-11(20)18-10-13(9-16(18)21)17-12-4-5-14(15(8-12)24-2)19-6-3-7-25(19,22)23/h4-5,8-9,17H,3,6-7,10H2,1-2H3. The second kappa shape index (κ2) is 6.40. The number of nitrogens with one attached hydrogen (secondary N) is 1. The third-order valence-corrected chi connectivity index (χ3v) is 5.98. The monoisotopic (exact) mass is 365 g/mol. The molecule has 0 bridgehead atoms. The van der Waals surface area contributed by atoms with Crippen LogP contribution in [0.15, 0.2) is 30.0 Å². The van der Waals surface area contributed by atoms with Gasteiger partial charge in [0.25, 0.3) is 5.91 Å². The Morgan fingerprint density at radius 2 is 2.08 bits per heavy atom. The van der Waals surface area contributed by atoms with Crippen LogP contribution in [0.2, 0.25) is 0 Å². The first-order chi connectivity index (χ1) is 11.8. The van der Waals surface area contributed by atoms with Crippen molar-refractivity contribution in [3.8, 4) is 5.75 Å². The highest BCUT2D eigenvalue weighted by Crippen LogP contribution is 2.35. The van der Waals surface area contributed by atoms with Gasteiger partial charge < -0.3 is 10.1 Å². The van der Waals surface area contributed by atoms with E-state index in [0.717, 1.165) is 4.90 Å². The number of carbonyl (C=O) groups excluding carboxylic acids is 2. The van der Waals surface area contributed by atoms with Crippen LogP contribution in [0.1, 0.15) is 13.3 Å². The number of rotatable bonds is 4. The second-order valence-corrected chi connectivity index (χ2v) is 7.88. The van der Waals surface area contributed by atoms with E-state index < -0.39 is 10.0 Å². The summed E-state index contributed by atoms with van der Waals surface area (Å²) in [7, 11) is -1.83. The van der Waals surface area contributed by atoms with Crippen LogP contribution in [0.25, 0.3) is 0 Å². The molecular formula is C16H19N3O5S. The van der Waals surface area contributed by atoms with Crippen LogP contribution in [0.4, 0.5) is 11.4 Å². The Morgan fingerprint density at radius 3 is 2.64 bits per heavy atom. The summed E-state index contributed by atoms with van der Waals surface area (Å²) < 4.78 is 30.9. The van der Waals surface area contributed by atoms with Crippen molar-refractivity contribution in [1.29, 1.82) is 0 Å². The van der Waals surface area contributed by atoms with Crippen LogP contribution in [0.5, 0.6) is 5.75 Å². The van der Waals surface area contributed by atoms with Gasteiger partial charge >= 0.3 is 0 Å². The predicted molar refractivity (Wildman–Crippen MR) is 92.8 cm³/mol. The minimum atomic E-state index is -3.30. The van der Waals surface area contributed by atoms with Gasteiger partial charge in [-0.2, -0.15) is 0 Å². The van der Waals surface area contributed by atoms with Crippen molar-refractivity contribution >= 4 is 33.2 Å². The maximum atomic E-state index is 12.1. The molecule has 0 spiro atoms. The number of hydrogen-bond acceptors (Lipinski definition) is 6. The summed E-state index contributed by atoms with van der Waals surface area (Å²) in [5, 5.41) is 3.07. The molecule has 2 amide bonds. The molecule has 1 N–H and O–H groups in total. The summed E-state index contributed by atoms with van der Waals surface area (Å²) in [5.74, 6) is -0.123. The van der Waals surface area contributed by atoms with Crippen molar-refractivity contribution in [2.75, 3.05) is 35.6 Å². The lowest BCUT2D eigenvalue weighted by molar-refractivity contribution is -0.138. The number of ether oxygens (including phenoxy) is 1. The normalized spacial score (nSPS) is 19.1. The summed E-state index contributed by atoms with van der Waals surface area (Å²) >= 11 is 0. The molecule has 2 aliphatic heterocycles. The van der Waals surface area contributed by atoms with Crippen LogP contribution < -0.4 is 14.4 Å². The Hall–Kier alpha value is -2.55. The number of anilines is 2. The molecule has 2 heterocycles. The average Bonchev–Trinajstić information content (AvgIpc) is 3.09. The van der Waals surface area contributed by atoms with Gasteiger partial charge in [0, 0.05) is 37.0 Å². The molecule has 1 fully saturated rings. The molecule has 0 unspecified atom stereocenters. The summed E-state index contributed by atoms with van der Waals surface area (Å²) in [6.07, 6.45) is 1.95. The van der Waals surface area contributed by atoms with Gasteiger partial charge in [-0.05, 0) is 18.6 Å². The molecule has 0 aliphatic carbocycles. The summed E-state index contributed by atoms with van der Waals surface area (Å²) in [6, 6.07) is 5.06. The molecule has 0 saturated carbocycles. The number of hydrogen-bond donors (Lipinski definition) is 1. The first-order valence-electron chi connectivity index (χ1n) is 7.80. The van der Waals surface area contributed by atoms with E-state index in [2.05, 4.69) is 5.32 Å². The van der Waals surface area contributed by atoms with E-state index in [9.17, 15) is 18.0 Å². The quantitative estimate of drug-likeness (QED) is 0.852. The molecule has 1 saturated heterocycles. The first kappa shape index (κ1) is 17.3. The second-order valence-electron chi connectivity index (χ2n) is 5.87. The van der Waals surface area contributed by atoms with E-state index in [0.29, 0.717) is 35.8 Å². The molecule has 0 atom stereocenters. The number of imide groups is 1. The van der Waals surface area contributed by atoms with E-state index in [1.165, 1.54) is 24.4 Å². The average molecular weight is 365 g/mol. The smallest absolute Gasteiger partial charge is 0.255 e. The Bertz CT molecular complexity index is 863. The van der Waals surface area contributed by atoms with Gasteiger partial charge in [-0.15, -0.1) is 0 Å². The van der Waals surface area contributed by atoms with Crippen LogP contribution >= 0.6 is 0 Å². The maximum absolute atomic E-state index is 12.1. The van der Waals surface area contributed by atoms with Gasteiger partial charge in [0.1, 0.15) is 5.75 Å². The number of methoxy groups -OCH3 is 1. The van der Waals surface area contributed by atoms with Gasteiger partial charge in [0.05, 0.1) is 25.1 Å². The van der Waals surface area contributed by atoms with E-state index in [-0.39, 0.29) is 24.1 Å². The summed E-state index contributed by atoms with van der Waals surface area (Å²) in [5.41, 5.74) is 1.72. The summed E-state index contributed by atoms with van der Waals surface area (Å²) in [4.78, 5) is 24.2. The Kier molecular flexibility index (Phi) is 4.42. The fraction of sp³-hybridized carbons (Fsp3) is 0.375. The largest absolute Gasteiger partial charge is 0.494 e. The van der Waals surface area contributed by atoms with Crippen LogP contribution in [0.3, 0.4) is 0 Å². The molecule has 2 aliphatic rings. The molecule has 8 nitrogen and oxygen atoms in total. The van der Waals surface area contributed by atoms with Gasteiger partial charge in [-0.3, -0.25) is 18.8 Å². The molecule has 1 aromatic rings. The molecule has 0 aromatic heterocycles. The molecule has 25 heavy (non-hydrogen) atoms. The Balaban J connectivity index is 1.82. The zero-order chi connectivity index (χ0) is 18.2. The summed E-state index contributed by atoms with van der Waals surface area (Å²) in [6.45, 7) is 1.94. The Morgan fingerprint density at radius 1 is 1.32 bits per heavy atom. The van der Waals surface area contributed by atoms with Crippen molar-refractivity contribution < 1.29 is 22.7 Å². The topological polar surface area (TPSA) is 96.0 Å². The highest BCUT2D eigenvalue weighted by Gasteiger charge is 2.31. The molecule has 134 valence electrons. The van der Waals surface area contributed by atoms with Crippen LogP contribution in [-0.4, -0.2) is 51.1 Å². The fourth-order valence-electron chi connectivity index (χ4n) is 2.92. The van der Waals surface area contributed by atoms with E-state index in [4.69, 9.17) is 4.74 Å². The van der Waals surface area contributed by atoms with Crippen molar-refractivity contribution in [2.45, 2.75) is 13.3 Å². The molecule has 3 rings (SSSR count). The minimum absolute atomic E-state index is 0.131. The van der Waals surface area contributed by atoms with Gasteiger partial charge in [-0.1, -0.05) is 0 Å². The maximum Gasteiger partial charge on any atom is 0.255 e. The minimum Gasteiger partial charge on any atom is -0.494 e. The van der Waals surface area contributed by atoms with Gasteiger partial charge in [0.2, 0.25) is 15.9 Å². The number of amides is 2. The third kappa shape index (κ3) is 3.32. The number of carbonyl (C=O) groups is 2. The number of benzene rings is 1. The highest BCUT2D eigenvalue weighted by molar-refractivity contribution is 7.93. The number of sulfonamides is 1.